The molecule has 0 saturated heterocycles. The molecule has 10 atom stereocenters. The van der Waals surface area contributed by atoms with E-state index in [1.807, 2.05) is 43.4 Å². The number of carbonyl (C=O) groups excluding carboxylic acids is 1. The lowest BCUT2D eigenvalue weighted by atomic mass is 9.91. The zero-order valence-electron chi connectivity index (χ0n) is 23.8. The summed E-state index contributed by atoms with van der Waals surface area (Å²) in [6, 6.07) is 0. The quantitative estimate of drug-likeness (QED) is 0.252. The van der Waals surface area contributed by atoms with Crippen LogP contribution in [0, 0.1) is 17.8 Å². The van der Waals surface area contributed by atoms with Crippen molar-refractivity contribution < 1.29 is 40.2 Å². The summed E-state index contributed by atoms with van der Waals surface area (Å²) in [6.45, 7) is 6.99. The maximum absolute atomic E-state index is 12.5. The van der Waals surface area contributed by atoms with Gasteiger partial charge in [-0.1, -0.05) is 74.6 Å². The van der Waals surface area contributed by atoms with Crippen molar-refractivity contribution in [3.63, 3.8) is 0 Å². The maximum atomic E-state index is 12.5. The predicted octanol–water partition coefficient (Wildman–Crippen LogP) is 3.13. The van der Waals surface area contributed by atoms with E-state index < -0.39 is 60.5 Å². The molecule has 1 heterocycles. The van der Waals surface area contributed by atoms with Gasteiger partial charge in [-0.2, -0.15) is 0 Å². The van der Waals surface area contributed by atoms with Gasteiger partial charge < -0.3 is 35.4 Å². The molecule has 6 N–H and O–H groups in total. The molecule has 0 fully saturated rings. The molecule has 0 amide bonds. The minimum atomic E-state index is -1.07. The molecule has 222 valence electrons. The van der Waals surface area contributed by atoms with Gasteiger partial charge in [-0.05, 0) is 46.0 Å². The van der Waals surface area contributed by atoms with Gasteiger partial charge in [-0.3, -0.25) is 4.79 Å². The van der Waals surface area contributed by atoms with Gasteiger partial charge in [0.1, 0.15) is 6.10 Å². The van der Waals surface area contributed by atoms with Crippen LogP contribution in [0.2, 0.25) is 0 Å². The van der Waals surface area contributed by atoms with Crippen molar-refractivity contribution in [1.29, 1.82) is 0 Å². The molecule has 0 radical (unpaired) electrons. The minimum Gasteiger partial charge on any atom is -0.462 e. The van der Waals surface area contributed by atoms with Crippen LogP contribution in [0.1, 0.15) is 66.2 Å². The van der Waals surface area contributed by atoms with Crippen LogP contribution >= 0.6 is 0 Å². The second-order valence-corrected chi connectivity index (χ2v) is 10.8. The van der Waals surface area contributed by atoms with Crippen molar-refractivity contribution in [2.75, 3.05) is 0 Å². The summed E-state index contributed by atoms with van der Waals surface area (Å²) in [5, 5.41) is 62.1. The van der Waals surface area contributed by atoms with Crippen LogP contribution in [0.5, 0.6) is 0 Å². The molecular weight excluding hydrogens is 500 g/mol. The van der Waals surface area contributed by atoms with Crippen LogP contribution in [0.4, 0.5) is 0 Å². The fraction of sp³-hybridized carbons (Fsp3) is 0.645. The fourth-order valence-electron chi connectivity index (χ4n) is 4.13. The molecule has 39 heavy (non-hydrogen) atoms. The number of hydrogen-bond donors (Lipinski definition) is 6. The lowest BCUT2D eigenvalue weighted by molar-refractivity contribution is -0.158. The lowest BCUT2D eigenvalue weighted by Gasteiger charge is -2.25. The van der Waals surface area contributed by atoms with E-state index >= 15 is 0 Å². The molecule has 10 unspecified atom stereocenters. The standard InChI is InChI=1S/C31H50O8/c1-21-14-11-9-7-5-6-8-10-12-17-28(35)22(2)29(36)20-27(34)18-25(32)15-13-16-26(33)19-30(37)23(3)31(38)39-24(21)4/h5-12,14,17,21-30,32-37H,13,15-16,18-20H2,1-4H3/b6-5-,9-7-,10-8-,14-11-,17-12-. The zero-order chi connectivity index (χ0) is 29.4. The van der Waals surface area contributed by atoms with Gasteiger partial charge in [-0.15, -0.1) is 0 Å². The molecular formula is C31H50O8. The third-order valence-electron chi connectivity index (χ3n) is 7.28. The molecule has 1 rings (SSSR count). The van der Waals surface area contributed by atoms with Gasteiger partial charge >= 0.3 is 5.97 Å². The minimum absolute atomic E-state index is 0.00712. The summed E-state index contributed by atoms with van der Waals surface area (Å²) < 4.78 is 5.53. The van der Waals surface area contributed by atoms with Crippen LogP contribution in [0.15, 0.2) is 60.8 Å². The average molecular weight is 551 g/mol. The Morgan fingerprint density at radius 3 is 1.72 bits per heavy atom. The maximum Gasteiger partial charge on any atom is 0.311 e. The number of esters is 1. The molecule has 0 saturated carbocycles. The molecule has 1 aliphatic heterocycles. The molecule has 0 bridgehead atoms. The SMILES string of the molecule is CC1\C=C/C=C\C=C/C=C\C=C/C(O)C(C)C(O)CC(O)CC(O)CCCC(O)CC(O)C(C)C(=O)OC1C. The fourth-order valence-corrected chi connectivity index (χ4v) is 4.13. The number of aliphatic hydroxyl groups is 6. The Hall–Kier alpha value is -2.07. The summed E-state index contributed by atoms with van der Waals surface area (Å²) in [5.74, 6) is -1.88. The van der Waals surface area contributed by atoms with Crippen LogP contribution in [0.3, 0.4) is 0 Å². The van der Waals surface area contributed by atoms with E-state index in [9.17, 15) is 35.4 Å². The van der Waals surface area contributed by atoms with Crippen LogP contribution in [-0.4, -0.2) is 79.3 Å². The molecule has 0 aliphatic carbocycles. The number of carbonyl (C=O) groups is 1. The van der Waals surface area contributed by atoms with Crippen molar-refractivity contribution in [2.45, 2.75) is 109 Å². The summed E-state index contributed by atoms with van der Waals surface area (Å²) in [5.41, 5.74) is 0. The molecule has 8 heteroatoms. The molecule has 0 spiro atoms. The van der Waals surface area contributed by atoms with E-state index in [2.05, 4.69) is 0 Å². The highest BCUT2D eigenvalue weighted by molar-refractivity contribution is 5.72. The van der Waals surface area contributed by atoms with Crippen LogP contribution < -0.4 is 0 Å². The van der Waals surface area contributed by atoms with E-state index in [-0.39, 0.29) is 25.2 Å². The third kappa shape index (κ3) is 14.8. The van der Waals surface area contributed by atoms with E-state index in [0.29, 0.717) is 19.3 Å². The van der Waals surface area contributed by atoms with Crippen LogP contribution in [-0.2, 0) is 9.53 Å². The van der Waals surface area contributed by atoms with Crippen molar-refractivity contribution in [3.8, 4) is 0 Å². The Morgan fingerprint density at radius 2 is 1.13 bits per heavy atom. The average Bonchev–Trinajstić information content (AvgIpc) is 2.87. The number of hydrogen-bond acceptors (Lipinski definition) is 8. The molecule has 0 aromatic carbocycles. The van der Waals surface area contributed by atoms with E-state index in [1.54, 1.807) is 45.1 Å². The summed E-state index contributed by atoms with van der Waals surface area (Å²) in [4.78, 5) is 12.5. The summed E-state index contributed by atoms with van der Waals surface area (Å²) in [6.07, 6.45) is 13.2. The van der Waals surface area contributed by atoms with E-state index in [0.717, 1.165) is 0 Å². The van der Waals surface area contributed by atoms with Crippen LogP contribution in [0.25, 0.3) is 0 Å². The largest absolute Gasteiger partial charge is 0.462 e. The Balaban J connectivity index is 2.89. The van der Waals surface area contributed by atoms with Gasteiger partial charge in [0.05, 0.1) is 42.5 Å². The topological polar surface area (TPSA) is 148 Å². The Labute approximate surface area is 233 Å². The van der Waals surface area contributed by atoms with Crippen molar-refractivity contribution in [1.82, 2.24) is 0 Å². The van der Waals surface area contributed by atoms with Crippen molar-refractivity contribution in [3.05, 3.63) is 60.8 Å². The predicted molar refractivity (Wildman–Crippen MR) is 152 cm³/mol. The first kappa shape index (κ1) is 35.0. The summed E-state index contributed by atoms with van der Waals surface area (Å²) >= 11 is 0. The first-order valence-electron chi connectivity index (χ1n) is 14.1. The highest BCUT2D eigenvalue weighted by atomic mass is 16.5. The second-order valence-electron chi connectivity index (χ2n) is 10.8. The first-order chi connectivity index (χ1) is 18.4. The number of ether oxygens (including phenoxy) is 1. The Bertz CT molecular complexity index is 832. The first-order valence-corrected chi connectivity index (χ1v) is 14.1. The molecule has 0 aromatic rings. The molecule has 0 aromatic heterocycles. The smallest absolute Gasteiger partial charge is 0.311 e. The lowest BCUT2D eigenvalue weighted by Crippen LogP contribution is -2.33. The number of allylic oxidation sites excluding steroid dienone is 8. The monoisotopic (exact) mass is 550 g/mol. The molecule has 8 nitrogen and oxygen atoms in total. The Kier molecular flexibility index (Phi) is 17.1. The number of rotatable bonds is 0. The molecule has 1 aliphatic rings. The van der Waals surface area contributed by atoms with E-state index in [1.165, 1.54) is 0 Å². The highest BCUT2D eigenvalue weighted by Gasteiger charge is 2.28. The van der Waals surface area contributed by atoms with Gasteiger partial charge in [0.2, 0.25) is 0 Å². The van der Waals surface area contributed by atoms with Gasteiger partial charge in [-0.25, -0.2) is 0 Å². The van der Waals surface area contributed by atoms with Gasteiger partial charge in [0.25, 0.3) is 0 Å². The van der Waals surface area contributed by atoms with Gasteiger partial charge in [0.15, 0.2) is 0 Å². The zero-order valence-corrected chi connectivity index (χ0v) is 23.8. The normalized spacial score (nSPS) is 41.7. The van der Waals surface area contributed by atoms with E-state index in [4.69, 9.17) is 4.74 Å². The third-order valence-corrected chi connectivity index (χ3v) is 7.28. The highest BCUT2D eigenvalue weighted by Crippen LogP contribution is 2.20. The second kappa shape index (κ2) is 19.1. The number of aliphatic hydroxyl groups excluding tert-OH is 6. The number of cyclic esters (lactones) is 1. The van der Waals surface area contributed by atoms with Crippen molar-refractivity contribution in [2.24, 2.45) is 17.8 Å². The summed E-state index contributed by atoms with van der Waals surface area (Å²) in [7, 11) is 0. The van der Waals surface area contributed by atoms with Crippen molar-refractivity contribution >= 4 is 5.97 Å². The Morgan fingerprint density at radius 1 is 0.641 bits per heavy atom. The van der Waals surface area contributed by atoms with Gasteiger partial charge in [0, 0.05) is 18.3 Å².